The van der Waals surface area contributed by atoms with Gasteiger partial charge < -0.3 is 10.1 Å². The van der Waals surface area contributed by atoms with Crippen molar-refractivity contribution >= 4 is 35.2 Å². The van der Waals surface area contributed by atoms with Gasteiger partial charge in [-0.05, 0) is 49.8 Å². The number of aryl methyl sites for hydroxylation is 1. The molecule has 0 radical (unpaired) electrons. The zero-order valence-electron chi connectivity index (χ0n) is 13.5. The molecule has 2 aromatic carbocycles. The highest BCUT2D eigenvalue weighted by Gasteiger charge is 2.16. The Kier molecular flexibility index (Phi) is 6.15. The molecule has 0 saturated carbocycles. The average molecular weight is 344 g/mol. The number of carbonyl (C=O) groups is 2. The average Bonchev–Trinajstić information content (AvgIpc) is 2.56. The van der Waals surface area contributed by atoms with E-state index in [0.717, 1.165) is 11.1 Å². The van der Waals surface area contributed by atoms with Crippen LogP contribution >= 0.6 is 11.6 Å². The van der Waals surface area contributed by atoms with Gasteiger partial charge in [-0.25, -0.2) is 4.79 Å². The molecule has 0 unspecified atom stereocenters. The van der Waals surface area contributed by atoms with Crippen LogP contribution in [0, 0.1) is 6.92 Å². The summed E-state index contributed by atoms with van der Waals surface area (Å²) in [5.41, 5.74) is 2.57. The molecule has 0 aliphatic carbocycles. The smallest absolute Gasteiger partial charge is 0.331 e. The van der Waals surface area contributed by atoms with Gasteiger partial charge in [0.15, 0.2) is 6.10 Å². The van der Waals surface area contributed by atoms with Crippen molar-refractivity contribution in [1.29, 1.82) is 0 Å². The van der Waals surface area contributed by atoms with E-state index in [0.29, 0.717) is 10.7 Å². The van der Waals surface area contributed by atoms with Crippen molar-refractivity contribution in [2.45, 2.75) is 20.0 Å². The fraction of sp³-hybridized carbons (Fsp3) is 0.158. The van der Waals surface area contributed by atoms with Gasteiger partial charge >= 0.3 is 5.97 Å². The first-order valence-electron chi connectivity index (χ1n) is 7.46. The number of hydrogen-bond acceptors (Lipinski definition) is 3. The van der Waals surface area contributed by atoms with Crippen molar-refractivity contribution in [3.05, 3.63) is 70.8 Å². The molecule has 1 atom stereocenters. The highest BCUT2D eigenvalue weighted by Crippen LogP contribution is 2.11. The van der Waals surface area contributed by atoms with E-state index in [4.69, 9.17) is 16.3 Å². The van der Waals surface area contributed by atoms with Gasteiger partial charge in [-0.1, -0.05) is 41.4 Å². The summed E-state index contributed by atoms with van der Waals surface area (Å²) in [6, 6.07) is 14.4. The largest absolute Gasteiger partial charge is 0.449 e. The number of hydrogen-bond donors (Lipinski definition) is 1. The Labute approximate surface area is 146 Å². The molecule has 0 aliphatic rings. The van der Waals surface area contributed by atoms with Gasteiger partial charge in [-0.3, -0.25) is 4.79 Å². The number of halogens is 1. The van der Waals surface area contributed by atoms with Gasteiger partial charge in [0, 0.05) is 16.8 Å². The number of benzene rings is 2. The van der Waals surface area contributed by atoms with Gasteiger partial charge in [0.25, 0.3) is 5.91 Å². The second-order valence-electron chi connectivity index (χ2n) is 5.32. The molecule has 124 valence electrons. The SMILES string of the molecule is Cc1ccc(NC(=O)[C@@H](C)OC(=O)/C=C/c2ccc(Cl)cc2)cc1. The molecule has 24 heavy (non-hydrogen) atoms. The van der Waals surface area contributed by atoms with E-state index in [2.05, 4.69) is 5.32 Å². The second-order valence-corrected chi connectivity index (χ2v) is 5.76. The lowest BCUT2D eigenvalue weighted by Gasteiger charge is -2.12. The van der Waals surface area contributed by atoms with Crippen molar-refractivity contribution in [3.63, 3.8) is 0 Å². The molecular weight excluding hydrogens is 326 g/mol. The third-order valence-corrected chi connectivity index (χ3v) is 3.52. The molecule has 5 heteroatoms. The van der Waals surface area contributed by atoms with Gasteiger partial charge in [0.05, 0.1) is 0 Å². The first-order valence-corrected chi connectivity index (χ1v) is 7.83. The number of nitrogens with one attached hydrogen (secondary N) is 1. The Morgan fingerprint density at radius 2 is 1.71 bits per heavy atom. The van der Waals surface area contributed by atoms with Crippen LogP contribution in [-0.2, 0) is 14.3 Å². The third-order valence-electron chi connectivity index (χ3n) is 3.26. The third kappa shape index (κ3) is 5.56. The summed E-state index contributed by atoms with van der Waals surface area (Å²) in [6.07, 6.45) is 1.98. The molecule has 2 rings (SSSR count). The van der Waals surface area contributed by atoms with E-state index in [1.54, 1.807) is 42.5 Å². The summed E-state index contributed by atoms with van der Waals surface area (Å²) in [5.74, 6) is -0.969. The van der Waals surface area contributed by atoms with Crippen molar-refractivity contribution in [2.75, 3.05) is 5.32 Å². The van der Waals surface area contributed by atoms with E-state index >= 15 is 0 Å². The molecule has 0 heterocycles. The van der Waals surface area contributed by atoms with E-state index < -0.39 is 12.1 Å². The summed E-state index contributed by atoms with van der Waals surface area (Å²) in [5, 5.41) is 3.32. The van der Waals surface area contributed by atoms with Crippen LogP contribution in [0.2, 0.25) is 5.02 Å². The standard InChI is InChI=1S/C19H18ClNO3/c1-13-3-10-17(11-4-13)21-19(23)14(2)24-18(22)12-7-15-5-8-16(20)9-6-15/h3-12,14H,1-2H3,(H,21,23)/b12-7+/t14-/m1/s1. The Morgan fingerprint density at radius 1 is 1.08 bits per heavy atom. The molecule has 2 aromatic rings. The van der Waals surface area contributed by atoms with E-state index in [9.17, 15) is 9.59 Å². The lowest BCUT2D eigenvalue weighted by Crippen LogP contribution is -2.29. The van der Waals surface area contributed by atoms with Crippen molar-refractivity contribution in [3.8, 4) is 0 Å². The molecule has 0 spiro atoms. The quantitative estimate of drug-likeness (QED) is 0.652. The number of esters is 1. The minimum atomic E-state index is -0.895. The molecule has 0 aromatic heterocycles. The molecule has 4 nitrogen and oxygen atoms in total. The van der Waals surface area contributed by atoms with E-state index in [-0.39, 0.29) is 5.91 Å². The fourth-order valence-electron chi connectivity index (χ4n) is 1.89. The summed E-state index contributed by atoms with van der Waals surface area (Å²) >= 11 is 5.79. The number of rotatable bonds is 5. The van der Waals surface area contributed by atoms with Crippen LogP contribution in [0.15, 0.2) is 54.6 Å². The summed E-state index contributed by atoms with van der Waals surface area (Å²) < 4.78 is 5.09. The topological polar surface area (TPSA) is 55.4 Å². The minimum Gasteiger partial charge on any atom is -0.449 e. The van der Waals surface area contributed by atoms with Crippen LogP contribution in [-0.4, -0.2) is 18.0 Å². The van der Waals surface area contributed by atoms with Gasteiger partial charge in [-0.15, -0.1) is 0 Å². The first-order chi connectivity index (χ1) is 11.4. The van der Waals surface area contributed by atoms with Crippen LogP contribution in [0.4, 0.5) is 5.69 Å². The predicted molar refractivity (Wildman–Crippen MR) is 95.8 cm³/mol. The Balaban J connectivity index is 1.87. The molecule has 0 bridgehead atoms. The van der Waals surface area contributed by atoms with Crippen LogP contribution in [0.1, 0.15) is 18.1 Å². The number of carbonyl (C=O) groups excluding carboxylic acids is 2. The predicted octanol–water partition coefficient (Wildman–Crippen LogP) is 4.23. The fourth-order valence-corrected chi connectivity index (χ4v) is 2.01. The van der Waals surface area contributed by atoms with Crippen LogP contribution < -0.4 is 5.32 Å². The number of ether oxygens (including phenoxy) is 1. The Hall–Kier alpha value is -2.59. The molecule has 0 fully saturated rings. The minimum absolute atomic E-state index is 0.382. The molecule has 1 amide bonds. The normalized spacial score (nSPS) is 12.0. The van der Waals surface area contributed by atoms with Crippen molar-refractivity contribution in [1.82, 2.24) is 0 Å². The first kappa shape index (κ1) is 17.8. The maximum absolute atomic E-state index is 12.0. The van der Waals surface area contributed by atoms with Crippen LogP contribution in [0.5, 0.6) is 0 Å². The molecule has 0 aliphatic heterocycles. The zero-order chi connectivity index (χ0) is 17.5. The molecule has 1 N–H and O–H groups in total. The van der Waals surface area contributed by atoms with Crippen LogP contribution in [0.25, 0.3) is 6.08 Å². The number of amides is 1. The highest BCUT2D eigenvalue weighted by molar-refractivity contribution is 6.30. The van der Waals surface area contributed by atoms with Crippen LogP contribution in [0.3, 0.4) is 0 Å². The maximum Gasteiger partial charge on any atom is 0.331 e. The summed E-state index contributed by atoms with van der Waals surface area (Å²) in [6.45, 7) is 3.49. The maximum atomic E-state index is 12.0. The monoisotopic (exact) mass is 343 g/mol. The van der Waals surface area contributed by atoms with Gasteiger partial charge in [-0.2, -0.15) is 0 Å². The van der Waals surface area contributed by atoms with Gasteiger partial charge in [0.1, 0.15) is 0 Å². The number of anilines is 1. The van der Waals surface area contributed by atoms with Crippen molar-refractivity contribution < 1.29 is 14.3 Å². The highest BCUT2D eigenvalue weighted by atomic mass is 35.5. The molecule has 0 saturated heterocycles. The Morgan fingerprint density at radius 3 is 2.33 bits per heavy atom. The van der Waals surface area contributed by atoms with E-state index in [1.165, 1.54) is 13.0 Å². The van der Waals surface area contributed by atoms with E-state index in [1.807, 2.05) is 19.1 Å². The lowest BCUT2D eigenvalue weighted by atomic mass is 10.2. The molecular formula is C19H18ClNO3. The van der Waals surface area contributed by atoms with Gasteiger partial charge in [0.2, 0.25) is 0 Å². The summed E-state index contributed by atoms with van der Waals surface area (Å²) in [4.78, 5) is 23.8. The Bertz CT molecular complexity index is 736. The van der Waals surface area contributed by atoms with Crippen molar-refractivity contribution in [2.24, 2.45) is 0 Å². The zero-order valence-corrected chi connectivity index (χ0v) is 14.2. The second kappa shape index (κ2) is 8.31. The lowest BCUT2D eigenvalue weighted by molar-refractivity contribution is -0.148. The summed E-state index contributed by atoms with van der Waals surface area (Å²) in [7, 11) is 0.